The Morgan fingerprint density at radius 2 is 2.07 bits per heavy atom. The van der Waals surface area contributed by atoms with E-state index in [1.165, 1.54) is 12.2 Å². The van der Waals surface area contributed by atoms with Gasteiger partial charge in [-0.15, -0.1) is 0 Å². The van der Waals surface area contributed by atoms with Crippen molar-refractivity contribution >= 4 is 5.91 Å². The Balaban J connectivity index is 4.08. The number of nitrogens with zero attached hydrogens (tertiary/aromatic N) is 1. The molecule has 0 rings (SSSR count). The molecule has 0 saturated heterocycles. The van der Waals surface area contributed by atoms with Crippen molar-refractivity contribution in [2.45, 2.75) is 33.2 Å². The van der Waals surface area contributed by atoms with E-state index in [9.17, 15) is 4.79 Å². The van der Waals surface area contributed by atoms with Gasteiger partial charge in [0.05, 0.1) is 7.11 Å². The summed E-state index contributed by atoms with van der Waals surface area (Å²) >= 11 is 0. The first-order valence-corrected chi connectivity index (χ1v) is 5.06. The maximum Gasteiger partial charge on any atom is 0.247 e. The second kappa shape index (κ2) is 6.79. The molecule has 0 saturated carbocycles. The summed E-state index contributed by atoms with van der Waals surface area (Å²) in [4.78, 5) is 16.4. The Morgan fingerprint density at radius 3 is 2.43 bits per heavy atom. The van der Waals surface area contributed by atoms with Gasteiger partial charge in [0.15, 0.2) is 0 Å². The predicted molar refractivity (Wildman–Crippen MR) is 56.7 cm³/mol. The highest BCUT2D eigenvalue weighted by atomic mass is 16.7. The lowest BCUT2D eigenvalue weighted by molar-refractivity contribution is -0.169. The van der Waals surface area contributed by atoms with E-state index in [0.29, 0.717) is 12.3 Å². The molecule has 0 spiro atoms. The maximum absolute atomic E-state index is 11.5. The van der Waals surface area contributed by atoms with Crippen LogP contribution in [-0.4, -0.2) is 37.7 Å². The quantitative estimate of drug-likeness (QED) is 0.654. The molecule has 14 heavy (non-hydrogen) atoms. The average Bonchev–Trinajstić information content (AvgIpc) is 2.15. The first kappa shape index (κ1) is 13.4. The number of hydroxylamine groups is 2. The van der Waals surface area contributed by atoms with Crippen LogP contribution in [0.25, 0.3) is 0 Å². The summed E-state index contributed by atoms with van der Waals surface area (Å²) in [6.07, 6.45) is 0.482. The minimum Gasteiger partial charge on any atom is -0.313 e. The standard InChI is InChI=1S/C10H22N2O2/c1-6-11-9(8(2)3)7-10(13)12(4)14-5/h8-9,11H,6-7H2,1-5H3/t9-/m1/s1. The first-order chi connectivity index (χ1) is 6.52. The number of hydrogen-bond donors (Lipinski definition) is 1. The Kier molecular flexibility index (Phi) is 6.49. The van der Waals surface area contributed by atoms with Gasteiger partial charge < -0.3 is 5.32 Å². The minimum atomic E-state index is 0.00662. The fraction of sp³-hybridized carbons (Fsp3) is 0.900. The van der Waals surface area contributed by atoms with E-state index in [0.717, 1.165) is 6.54 Å². The smallest absolute Gasteiger partial charge is 0.247 e. The van der Waals surface area contributed by atoms with Crippen LogP contribution in [0.1, 0.15) is 27.2 Å². The van der Waals surface area contributed by atoms with E-state index in [1.54, 1.807) is 7.05 Å². The summed E-state index contributed by atoms with van der Waals surface area (Å²) in [6.45, 7) is 7.13. The van der Waals surface area contributed by atoms with Crippen LogP contribution < -0.4 is 5.32 Å². The zero-order valence-corrected chi connectivity index (χ0v) is 9.83. The lowest BCUT2D eigenvalue weighted by Crippen LogP contribution is -2.39. The van der Waals surface area contributed by atoms with Gasteiger partial charge in [0.2, 0.25) is 5.91 Å². The van der Waals surface area contributed by atoms with Gasteiger partial charge in [0.1, 0.15) is 0 Å². The van der Waals surface area contributed by atoms with Crippen molar-refractivity contribution in [1.29, 1.82) is 0 Å². The maximum atomic E-state index is 11.5. The number of carbonyl (C=O) groups is 1. The highest BCUT2D eigenvalue weighted by Gasteiger charge is 2.18. The van der Waals surface area contributed by atoms with E-state index in [1.807, 2.05) is 6.92 Å². The van der Waals surface area contributed by atoms with Crippen LogP contribution in [-0.2, 0) is 9.63 Å². The number of rotatable bonds is 6. The molecule has 0 aromatic carbocycles. The summed E-state index contributed by atoms with van der Waals surface area (Å²) in [6, 6.07) is 0.227. The highest BCUT2D eigenvalue weighted by Crippen LogP contribution is 2.07. The zero-order valence-electron chi connectivity index (χ0n) is 9.83. The molecule has 0 aromatic rings. The molecule has 0 fully saturated rings. The van der Waals surface area contributed by atoms with Crippen LogP contribution in [0.3, 0.4) is 0 Å². The SMILES string of the molecule is CCN[C@H](CC(=O)N(C)OC)C(C)C. The topological polar surface area (TPSA) is 41.6 Å². The van der Waals surface area contributed by atoms with Gasteiger partial charge in [0.25, 0.3) is 0 Å². The number of carbonyl (C=O) groups excluding carboxylic acids is 1. The molecule has 0 aliphatic carbocycles. The Hall–Kier alpha value is -0.610. The molecule has 0 aliphatic rings. The molecule has 0 radical (unpaired) electrons. The third-order valence-corrected chi connectivity index (χ3v) is 2.29. The molecule has 1 N–H and O–H groups in total. The van der Waals surface area contributed by atoms with Gasteiger partial charge in [-0.05, 0) is 12.5 Å². The van der Waals surface area contributed by atoms with E-state index in [2.05, 4.69) is 19.2 Å². The fourth-order valence-electron chi connectivity index (χ4n) is 1.22. The highest BCUT2D eigenvalue weighted by molar-refractivity contribution is 5.75. The van der Waals surface area contributed by atoms with Crippen molar-refractivity contribution in [3.05, 3.63) is 0 Å². The van der Waals surface area contributed by atoms with Crippen molar-refractivity contribution in [3.8, 4) is 0 Å². The van der Waals surface area contributed by atoms with Crippen molar-refractivity contribution in [2.75, 3.05) is 20.7 Å². The molecule has 0 aromatic heterocycles. The van der Waals surface area contributed by atoms with E-state index in [-0.39, 0.29) is 11.9 Å². The van der Waals surface area contributed by atoms with Gasteiger partial charge in [-0.1, -0.05) is 20.8 Å². The number of hydrogen-bond acceptors (Lipinski definition) is 3. The summed E-state index contributed by atoms with van der Waals surface area (Å²) in [5.74, 6) is 0.455. The van der Waals surface area contributed by atoms with Crippen LogP contribution in [0.15, 0.2) is 0 Å². The van der Waals surface area contributed by atoms with Crippen LogP contribution in [0, 0.1) is 5.92 Å². The number of nitrogens with one attached hydrogen (secondary N) is 1. The fourth-order valence-corrected chi connectivity index (χ4v) is 1.22. The lowest BCUT2D eigenvalue weighted by Gasteiger charge is -2.23. The van der Waals surface area contributed by atoms with Gasteiger partial charge in [-0.2, -0.15) is 0 Å². The number of amides is 1. The van der Waals surface area contributed by atoms with Crippen LogP contribution in [0.4, 0.5) is 0 Å². The minimum absolute atomic E-state index is 0.00662. The molecular formula is C10H22N2O2. The van der Waals surface area contributed by atoms with Crippen molar-refractivity contribution in [3.63, 3.8) is 0 Å². The second-order valence-electron chi connectivity index (χ2n) is 3.69. The molecule has 4 heteroatoms. The third-order valence-electron chi connectivity index (χ3n) is 2.29. The Labute approximate surface area is 86.6 Å². The monoisotopic (exact) mass is 202 g/mol. The van der Waals surface area contributed by atoms with E-state index >= 15 is 0 Å². The van der Waals surface area contributed by atoms with Gasteiger partial charge in [0, 0.05) is 19.5 Å². The van der Waals surface area contributed by atoms with Crippen molar-refractivity contribution in [1.82, 2.24) is 10.4 Å². The molecule has 1 amide bonds. The van der Waals surface area contributed by atoms with Crippen molar-refractivity contribution < 1.29 is 9.63 Å². The van der Waals surface area contributed by atoms with Crippen LogP contribution in [0.2, 0.25) is 0 Å². The lowest BCUT2D eigenvalue weighted by atomic mass is 10.0. The Bertz CT molecular complexity index is 172. The predicted octanol–water partition coefficient (Wildman–Crippen LogP) is 1.03. The Morgan fingerprint density at radius 1 is 1.50 bits per heavy atom. The summed E-state index contributed by atoms with van der Waals surface area (Å²) in [5.41, 5.74) is 0. The van der Waals surface area contributed by atoms with Gasteiger partial charge in [-0.3, -0.25) is 9.63 Å². The van der Waals surface area contributed by atoms with Gasteiger partial charge in [-0.25, -0.2) is 5.06 Å². The van der Waals surface area contributed by atoms with Gasteiger partial charge >= 0.3 is 0 Å². The summed E-state index contributed by atoms with van der Waals surface area (Å²) in [7, 11) is 3.13. The third kappa shape index (κ3) is 4.58. The molecular weight excluding hydrogens is 180 g/mol. The second-order valence-corrected chi connectivity index (χ2v) is 3.69. The molecule has 84 valence electrons. The molecule has 1 atom stereocenters. The molecule has 0 unspecified atom stereocenters. The summed E-state index contributed by atoms with van der Waals surface area (Å²) < 4.78 is 0. The van der Waals surface area contributed by atoms with E-state index < -0.39 is 0 Å². The normalized spacial score (nSPS) is 13.0. The molecule has 0 heterocycles. The van der Waals surface area contributed by atoms with Crippen molar-refractivity contribution in [2.24, 2.45) is 5.92 Å². The van der Waals surface area contributed by atoms with E-state index in [4.69, 9.17) is 4.84 Å². The van der Waals surface area contributed by atoms with Crippen LogP contribution in [0.5, 0.6) is 0 Å². The molecule has 0 aliphatic heterocycles. The molecule has 0 bridgehead atoms. The average molecular weight is 202 g/mol. The first-order valence-electron chi connectivity index (χ1n) is 5.06. The van der Waals surface area contributed by atoms with Crippen LogP contribution >= 0.6 is 0 Å². The zero-order chi connectivity index (χ0) is 11.1. The summed E-state index contributed by atoms with van der Waals surface area (Å²) in [5, 5.41) is 4.56. The largest absolute Gasteiger partial charge is 0.313 e. The molecule has 4 nitrogen and oxygen atoms in total.